The van der Waals surface area contributed by atoms with Gasteiger partial charge in [0.05, 0.1) is 23.2 Å². The highest BCUT2D eigenvalue weighted by atomic mass is 32.1. The Morgan fingerprint density at radius 2 is 2.25 bits per heavy atom. The van der Waals surface area contributed by atoms with E-state index in [1.54, 1.807) is 13.0 Å². The molecular formula is C15H13N3O5S. The Kier molecular flexibility index (Phi) is 5.34. The molecule has 1 aromatic carbocycles. The number of ether oxygens (including phenoxy) is 2. The quantitative estimate of drug-likeness (QED) is 0.483. The molecule has 2 rings (SSSR count). The third kappa shape index (κ3) is 3.61. The van der Waals surface area contributed by atoms with Gasteiger partial charge in [0.15, 0.2) is 0 Å². The number of esters is 1. The van der Waals surface area contributed by atoms with Crippen LogP contribution < -0.4 is 10.5 Å². The molecule has 0 saturated carbocycles. The van der Waals surface area contributed by atoms with Gasteiger partial charge in [-0.15, -0.1) is 11.3 Å². The Hall–Kier alpha value is -3.12. The van der Waals surface area contributed by atoms with Crippen molar-refractivity contribution in [3.05, 3.63) is 50.4 Å². The second kappa shape index (κ2) is 7.43. The van der Waals surface area contributed by atoms with E-state index in [9.17, 15) is 20.2 Å². The van der Waals surface area contributed by atoms with E-state index >= 15 is 0 Å². The molecule has 1 heterocycles. The molecule has 24 heavy (non-hydrogen) atoms. The van der Waals surface area contributed by atoms with Crippen molar-refractivity contribution in [3.63, 3.8) is 0 Å². The van der Waals surface area contributed by atoms with E-state index < -0.39 is 10.9 Å². The highest BCUT2D eigenvalue weighted by Gasteiger charge is 2.23. The Balaban J connectivity index is 2.29. The number of non-ortho nitro benzene ring substituents is 1. The maximum Gasteiger partial charge on any atom is 0.348 e. The monoisotopic (exact) mass is 347 g/mol. The summed E-state index contributed by atoms with van der Waals surface area (Å²) in [5, 5.41) is 20.2. The molecular weight excluding hydrogens is 334 g/mol. The average Bonchev–Trinajstić information content (AvgIpc) is 2.89. The molecule has 2 aromatic rings. The summed E-state index contributed by atoms with van der Waals surface area (Å²) in [6.45, 7) is 1.72. The predicted molar refractivity (Wildman–Crippen MR) is 86.8 cm³/mol. The maximum atomic E-state index is 12.0. The van der Waals surface area contributed by atoms with Crippen LogP contribution in [0.5, 0.6) is 5.75 Å². The Bertz CT molecular complexity index is 825. The number of hydrogen-bond acceptors (Lipinski definition) is 8. The Morgan fingerprint density at radius 1 is 1.50 bits per heavy atom. The third-order valence-corrected chi connectivity index (χ3v) is 4.06. The van der Waals surface area contributed by atoms with Gasteiger partial charge in [0.2, 0.25) is 0 Å². The topological polar surface area (TPSA) is 128 Å². The lowest BCUT2D eigenvalue weighted by Crippen LogP contribution is -2.08. The molecule has 8 nitrogen and oxygen atoms in total. The molecule has 124 valence electrons. The molecule has 0 aliphatic carbocycles. The van der Waals surface area contributed by atoms with Crippen molar-refractivity contribution in [1.82, 2.24) is 0 Å². The highest BCUT2D eigenvalue weighted by molar-refractivity contribution is 7.18. The van der Waals surface area contributed by atoms with Crippen LogP contribution in [0, 0.1) is 21.4 Å². The third-order valence-electron chi connectivity index (χ3n) is 3.02. The average molecular weight is 347 g/mol. The van der Waals surface area contributed by atoms with Gasteiger partial charge in [-0.1, -0.05) is 6.07 Å². The molecule has 9 heteroatoms. The van der Waals surface area contributed by atoms with E-state index in [4.69, 9.17) is 15.2 Å². The smallest absolute Gasteiger partial charge is 0.348 e. The van der Waals surface area contributed by atoms with Gasteiger partial charge in [-0.2, -0.15) is 5.26 Å². The summed E-state index contributed by atoms with van der Waals surface area (Å²) in [4.78, 5) is 22.4. The lowest BCUT2D eigenvalue weighted by molar-refractivity contribution is -0.384. The summed E-state index contributed by atoms with van der Waals surface area (Å²) >= 11 is 0.949. The first-order valence-corrected chi connectivity index (χ1v) is 7.65. The zero-order valence-corrected chi connectivity index (χ0v) is 13.5. The van der Waals surface area contributed by atoms with Crippen LogP contribution >= 0.6 is 11.3 Å². The van der Waals surface area contributed by atoms with E-state index in [1.807, 2.05) is 6.07 Å². The number of carbonyl (C=O) groups excluding carboxylic acids is 1. The minimum atomic E-state index is -0.589. The van der Waals surface area contributed by atoms with Crippen molar-refractivity contribution in [2.75, 3.05) is 12.3 Å². The Morgan fingerprint density at radius 3 is 2.88 bits per heavy atom. The van der Waals surface area contributed by atoms with E-state index in [2.05, 4.69) is 0 Å². The zero-order valence-electron chi connectivity index (χ0n) is 12.6. The van der Waals surface area contributed by atoms with Gasteiger partial charge in [-0.25, -0.2) is 4.79 Å². The van der Waals surface area contributed by atoms with Gasteiger partial charge in [-0.05, 0) is 13.0 Å². The summed E-state index contributed by atoms with van der Waals surface area (Å²) in [6.07, 6.45) is 0. The van der Waals surface area contributed by atoms with Crippen LogP contribution in [0.4, 0.5) is 10.7 Å². The SMILES string of the molecule is CCOC(=O)c1sc(N)c(C#N)c1COc1cccc([N+](=O)[O-])c1. The van der Waals surface area contributed by atoms with E-state index in [-0.39, 0.29) is 40.1 Å². The minimum Gasteiger partial charge on any atom is -0.489 e. The number of nitrogens with two attached hydrogens (primary N) is 1. The number of carbonyl (C=O) groups is 1. The number of nitro benzene ring substituents is 1. The number of hydrogen-bond donors (Lipinski definition) is 1. The first kappa shape index (κ1) is 17.2. The molecule has 0 aliphatic rings. The second-order valence-electron chi connectivity index (χ2n) is 4.52. The first-order valence-electron chi connectivity index (χ1n) is 6.83. The molecule has 0 radical (unpaired) electrons. The molecule has 2 N–H and O–H groups in total. The fraction of sp³-hybridized carbons (Fsp3) is 0.200. The molecule has 1 aromatic heterocycles. The molecule has 0 spiro atoms. The van der Waals surface area contributed by atoms with Gasteiger partial charge in [0, 0.05) is 11.6 Å². The molecule has 0 unspecified atom stereocenters. The number of nitro groups is 1. The Labute approximate surface area is 141 Å². The van der Waals surface area contributed by atoms with Crippen LogP contribution in [0.1, 0.15) is 27.7 Å². The molecule has 0 fully saturated rings. The van der Waals surface area contributed by atoms with Gasteiger partial charge in [0.1, 0.15) is 28.3 Å². The van der Waals surface area contributed by atoms with E-state index in [0.717, 1.165) is 11.3 Å². The van der Waals surface area contributed by atoms with Crippen LogP contribution in [0.2, 0.25) is 0 Å². The summed E-state index contributed by atoms with van der Waals surface area (Å²) in [6, 6.07) is 7.55. The zero-order chi connectivity index (χ0) is 17.7. The van der Waals surface area contributed by atoms with Crippen molar-refractivity contribution < 1.29 is 19.2 Å². The van der Waals surface area contributed by atoms with Crippen molar-refractivity contribution in [3.8, 4) is 11.8 Å². The number of nitrogens with zero attached hydrogens (tertiary/aromatic N) is 2. The summed E-state index contributed by atoms with van der Waals surface area (Å²) in [7, 11) is 0. The largest absolute Gasteiger partial charge is 0.489 e. The summed E-state index contributed by atoms with van der Waals surface area (Å²) in [5.74, 6) is -0.346. The van der Waals surface area contributed by atoms with Crippen molar-refractivity contribution in [1.29, 1.82) is 5.26 Å². The van der Waals surface area contributed by atoms with Crippen molar-refractivity contribution in [2.45, 2.75) is 13.5 Å². The predicted octanol–water partition coefficient (Wildman–Crippen LogP) is 2.87. The van der Waals surface area contributed by atoms with Crippen LogP contribution in [-0.4, -0.2) is 17.5 Å². The van der Waals surface area contributed by atoms with E-state index in [0.29, 0.717) is 5.56 Å². The summed E-state index contributed by atoms with van der Waals surface area (Å²) in [5.41, 5.74) is 6.10. The van der Waals surface area contributed by atoms with Crippen LogP contribution in [0.25, 0.3) is 0 Å². The number of benzene rings is 1. The van der Waals surface area contributed by atoms with E-state index in [1.165, 1.54) is 18.2 Å². The highest BCUT2D eigenvalue weighted by Crippen LogP contribution is 2.32. The van der Waals surface area contributed by atoms with Crippen molar-refractivity contribution in [2.24, 2.45) is 0 Å². The second-order valence-corrected chi connectivity index (χ2v) is 5.58. The van der Waals surface area contributed by atoms with Gasteiger partial charge in [0.25, 0.3) is 5.69 Å². The van der Waals surface area contributed by atoms with Crippen LogP contribution in [0.3, 0.4) is 0 Å². The van der Waals surface area contributed by atoms with Crippen molar-refractivity contribution >= 4 is 28.0 Å². The normalized spacial score (nSPS) is 10.0. The fourth-order valence-corrected chi connectivity index (χ4v) is 2.87. The standard InChI is InChI=1S/C15H13N3O5S/c1-2-22-15(19)13-12(11(7-16)14(17)24-13)8-23-10-5-3-4-9(6-10)18(20)21/h3-6H,2,8,17H2,1H3. The lowest BCUT2D eigenvalue weighted by atomic mass is 10.1. The number of nitrogen functional groups attached to an aromatic ring is 1. The van der Waals surface area contributed by atoms with Gasteiger partial charge < -0.3 is 15.2 Å². The van der Waals surface area contributed by atoms with Gasteiger partial charge >= 0.3 is 5.97 Å². The molecule has 0 aliphatic heterocycles. The molecule has 0 amide bonds. The number of thiophene rings is 1. The number of nitriles is 1. The first-order chi connectivity index (χ1) is 11.5. The minimum absolute atomic E-state index is 0.122. The fourth-order valence-electron chi connectivity index (χ4n) is 1.95. The summed E-state index contributed by atoms with van der Waals surface area (Å²) < 4.78 is 10.4. The van der Waals surface area contributed by atoms with Gasteiger partial charge in [-0.3, -0.25) is 10.1 Å². The van der Waals surface area contributed by atoms with Crippen LogP contribution in [-0.2, 0) is 11.3 Å². The van der Waals surface area contributed by atoms with Crippen LogP contribution in [0.15, 0.2) is 24.3 Å². The molecule has 0 saturated heterocycles. The maximum absolute atomic E-state index is 12.0. The number of anilines is 1. The molecule has 0 bridgehead atoms. The number of rotatable bonds is 6. The lowest BCUT2D eigenvalue weighted by Gasteiger charge is -2.07. The molecule has 0 atom stereocenters.